The summed E-state index contributed by atoms with van der Waals surface area (Å²) in [6, 6.07) is 5.04. The van der Waals surface area contributed by atoms with Crippen molar-refractivity contribution >= 4 is 15.9 Å². The van der Waals surface area contributed by atoms with E-state index in [2.05, 4.69) is 0 Å². The van der Waals surface area contributed by atoms with Crippen LogP contribution in [0.5, 0.6) is 0 Å². The second-order valence-corrected chi connectivity index (χ2v) is 7.74. The Morgan fingerprint density at radius 1 is 1.17 bits per heavy atom. The number of aryl methyl sites for hydroxylation is 1. The molecule has 0 radical (unpaired) electrons. The van der Waals surface area contributed by atoms with E-state index < -0.39 is 10.0 Å². The minimum Gasteiger partial charge on any atom is -0.379 e. The number of hydrogen-bond acceptors (Lipinski definition) is 4. The zero-order valence-electron chi connectivity index (χ0n) is 13.3. The Morgan fingerprint density at radius 2 is 1.87 bits per heavy atom. The molecule has 2 fully saturated rings. The Kier molecular flexibility index (Phi) is 4.70. The van der Waals surface area contributed by atoms with Crippen molar-refractivity contribution in [1.29, 1.82) is 0 Å². The van der Waals surface area contributed by atoms with Crippen LogP contribution >= 0.6 is 0 Å². The third-order valence-electron chi connectivity index (χ3n) is 4.43. The minimum absolute atomic E-state index is 0.0858. The van der Waals surface area contributed by atoms with Gasteiger partial charge >= 0.3 is 0 Å². The molecule has 0 N–H and O–H groups in total. The Bertz CT molecular complexity index is 692. The molecule has 2 saturated heterocycles. The van der Waals surface area contributed by atoms with Gasteiger partial charge in [-0.25, -0.2) is 8.42 Å². The molecule has 2 heterocycles. The summed E-state index contributed by atoms with van der Waals surface area (Å²) < 4.78 is 32.6. The lowest BCUT2D eigenvalue weighted by atomic mass is 10.1. The number of benzene rings is 1. The number of rotatable bonds is 4. The lowest BCUT2D eigenvalue weighted by Gasteiger charge is -2.31. The molecule has 0 aromatic heterocycles. The first-order valence-corrected chi connectivity index (χ1v) is 9.48. The van der Waals surface area contributed by atoms with Crippen molar-refractivity contribution in [3.63, 3.8) is 0 Å². The highest BCUT2D eigenvalue weighted by Gasteiger charge is 2.30. The van der Waals surface area contributed by atoms with E-state index >= 15 is 0 Å². The van der Waals surface area contributed by atoms with E-state index in [1.165, 1.54) is 4.31 Å². The number of amides is 1. The lowest BCUT2D eigenvalue weighted by molar-refractivity contribution is 0.0651. The van der Waals surface area contributed by atoms with E-state index in [4.69, 9.17) is 4.74 Å². The van der Waals surface area contributed by atoms with Crippen LogP contribution in [0.2, 0.25) is 0 Å². The summed E-state index contributed by atoms with van der Waals surface area (Å²) in [5.74, 6) is -0.0858. The number of nitrogens with zero attached hydrogens (tertiary/aromatic N) is 2. The molecule has 0 bridgehead atoms. The highest BCUT2D eigenvalue weighted by molar-refractivity contribution is 7.89. The molecule has 0 unspecified atom stereocenters. The fourth-order valence-electron chi connectivity index (χ4n) is 2.85. The molecule has 0 saturated carbocycles. The first-order chi connectivity index (χ1) is 11.0. The largest absolute Gasteiger partial charge is 0.379 e. The summed E-state index contributed by atoms with van der Waals surface area (Å²) in [4.78, 5) is 14.4. The molecule has 2 aliphatic rings. The third-order valence-corrected chi connectivity index (χ3v) is 6.41. The van der Waals surface area contributed by atoms with E-state index in [0.29, 0.717) is 38.3 Å². The van der Waals surface area contributed by atoms with Gasteiger partial charge < -0.3 is 9.64 Å². The van der Waals surface area contributed by atoms with Gasteiger partial charge in [0.25, 0.3) is 5.91 Å². The summed E-state index contributed by atoms with van der Waals surface area (Å²) in [5, 5.41) is 0. The average molecular weight is 338 g/mol. The van der Waals surface area contributed by atoms with E-state index in [1.54, 1.807) is 23.1 Å². The maximum absolute atomic E-state index is 12.9. The van der Waals surface area contributed by atoms with Crippen LogP contribution in [0, 0.1) is 0 Å². The monoisotopic (exact) mass is 338 g/mol. The molecular formula is C16H22N2O4S. The third kappa shape index (κ3) is 3.13. The molecule has 3 rings (SSSR count). The molecule has 1 aromatic rings. The highest BCUT2D eigenvalue weighted by Crippen LogP contribution is 2.24. The quantitative estimate of drug-likeness (QED) is 0.825. The number of sulfonamides is 1. The van der Waals surface area contributed by atoms with E-state index in [0.717, 1.165) is 25.1 Å². The van der Waals surface area contributed by atoms with Crippen molar-refractivity contribution in [2.75, 3.05) is 39.4 Å². The summed E-state index contributed by atoms with van der Waals surface area (Å²) >= 11 is 0. The molecule has 0 aliphatic carbocycles. The van der Waals surface area contributed by atoms with Crippen molar-refractivity contribution in [3.8, 4) is 0 Å². The number of likely N-dealkylation sites (tertiary alicyclic amines) is 1. The van der Waals surface area contributed by atoms with Gasteiger partial charge in [0.1, 0.15) is 0 Å². The summed E-state index contributed by atoms with van der Waals surface area (Å²) in [5.41, 5.74) is 1.20. The first-order valence-electron chi connectivity index (χ1n) is 8.04. The maximum atomic E-state index is 12.9. The predicted molar refractivity (Wildman–Crippen MR) is 85.9 cm³/mol. The topological polar surface area (TPSA) is 66.9 Å². The Hall–Kier alpha value is -1.44. The Balaban J connectivity index is 1.96. The number of carbonyl (C=O) groups excluding carboxylic acids is 1. The van der Waals surface area contributed by atoms with Gasteiger partial charge in [-0.3, -0.25) is 4.79 Å². The Morgan fingerprint density at radius 3 is 2.43 bits per heavy atom. The minimum atomic E-state index is -3.59. The van der Waals surface area contributed by atoms with E-state index in [-0.39, 0.29) is 10.8 Å². The van der Waals surface area contributed by atoms with E-state index in [1.807, 2.05) is 6.92 Å². The molecule has 1 aromatic carbocycles. The number of hydrogen-bond donors (Lipinski definition) is 0. The number of morpholine rings is 1. The molecular weight excluding hydrogens is 316 g/mol. The van der Waals surface area contributed by atoms with Gasteiger partial charge in [-0.2, -0.15) is 4.31 Å². The first kappa shape index (κ1) is 16.4. The molecule has 6 nitrogen and oxygen atoms in total. The van der Waals surface area contributed by atoms with Gasteiger partial charge in [0.05, 0.1) is 18.1 Å². The molecule has 23 heavy (non-hydrogen) atoms. The van der Waals surface area contributed by atoms with Crippen LogP contribution in [0.4, 0.5) is 0 Å². The van der Waals surface area contributed by atoms with Crippen LogP contribution in [0.1, 0.15) is 29.3 Å². The zero-order chi connectivity index (χ0) is 16.4. The molecule has 2 aliphatic heterocycles. The lowest BCUT2D eigenvalue weighted by Crippen LogP contribution is -2.42. The zero-order valence-corrected chi connectivity index (χ0v) is 14.1. The van der Waals surface area contributed by atoms with Gasteiger partial charge in [0.2, 0.25) is 10.0 Å². The van der Waals surface area contributed by atoms with Crippen LogP contribution < -0.4 is 0 Å². The molecule has 126 valence electrons. The standard InChI is InChI=1S/C16H22N2O4S/c1-2-13-4-5-14(16(19)17-6-3-7-17)12-15(13)23(20,21)18-8-10-22-11-9-18/h4-5,12H,2-3,6-11H2,1H3. The van der Waals surface area contributed by atoms with Crippen molar-refractivity contribution < 1.29 is 17.9 Å². The molecule has 0 spiro atoms. The van der Waals surface area contributed by atoms with Crippen molar-refractivity contribution in [3.05, 3.63) is 29.3 Å². The van der Waals surface area contributed by atoms with Gasteiger partial charge in [-0.05, 0) is 30.5 Å². The van der Waals surface area contributed by atoms with Crippen molar-refractivity contribution in [2.24, 2.45) is 0 Å². The van der Waals surface area contributed by atoms with Crippen molar-refractivity contribution in [1.82, 2.24) is 9.21 Å². The van der Waals surface area contributed by atoms with E-state index in [9.17, 15) is 13.2 Å². The molecule has 0 atom stereocenters. The van der Waals surface area contributed by atoms with Crippen LogP contribution in [0.25, 0.3) is 0 Å². The highest BCUT2D eigenvalue weighted by atomic mass is 32.2. The smallest absolute Gasteiger partial charge is 0.253 e. The summed E-state index contributed by atoms with van der Waals surface area (Å²) in [7, 11) is -3.59. The second-order valence-electron chi connectivity index (χ2n) is 5.84. The maximum Gasteiger partial charge on any atom is 0.253 e. The van der Waals surface area contributed by atoms with Crippen LogP contribution in [-0.4, -0.2) is 62.9 Å². The second kappa shape index (κ2) is 6.59. The van der Waals surface area contributed by atoms with Crippen LogP contribution in [-0.2, 0) is 21.2 Å². The van der Waals surface area contributed by atoms with Crippen LogP contribution in [0.3, 0.4) is 0 Å². The van der Waals surface area contributed by atoms with Gasteiger partial charge in [-0.15, -0.1) is 0 Å². The number of carbonyl (C=O) groups is 1. The summed E-state index contributed by atoms with van der Waals surface area (Å²) in [6.45, 7) is 4.95. The molecule has 7 heteroatoms. The molecule has 1 amide bonds. The average Bonchev–Trinajstić information content (AvgIpc) is 2.53. The Labute approximate surface area is 137 Å². The van der Waals surface area contributed by atoms with Gasteiger partial charge in [0, 0.05) is 31.7 Å². The van der Waals surface area contributed by atoms with Crippen LogP contribution in [0.15, 0.2) is 23.1 Å². The van der Waals surface area contributed by atoms with Crippen molar-refractivity contribution in [2.45, 2.75) is 24.7 Å². The van der Waals surface area contributed by atoms with Gasteiger partial charge in [-0.1, -0.05) is 13.0 Å². The fourth-order valence-corrected chi connectivity index (χ4v) is 4.58. The predicted octanol–water partition coefficient (Wildman–Crippen LogP) is 1.12. The SMILES string of the molecule is CCc1ccc(C(=O)N2CCC2)cc1S(=O)(=O)N1CCOCC1. The number of ether oxygens (including phenoxy) is 1. The normalized spacial score (nSPS) is 19.4. The van der Waals surface area contributed by atoms with Gasteiger partial charge in [0.15, 0.2) is 0 Å². The summed E-state index contributed by atoms with van der Waals surface area (Å²) in [6.07, 6.45) is 1.62. The fraction of sp³-hybridized carbons (Fsp3) is 0.562.